The zero-order valence-electron chi connectivity index (χ0n) is 20.8. The molecule has 1 atom stereocenters. The number of nitrogens with zero attached hydrogens (tertiary/aromatic N) is 1. The zero-order chi connectivity index (χ0) is 25.1. The molecule has 1 saturated carbocycles. The predicted molar refractivity (Wildman–Crippen MR) is 142 cm³/mol. The fourth-order valence-electron chi connectivity index (χ4n) is 5.17. The average molecular weight is 502 g/mol. The van der Waals surface area contributed by atoms with E-state index in [1.807, 2.05) is 70.3 Å². The summed E-state index contributed by atoms with van der Waals surface area (Å²) in [4.78, 5) is 12.2. The molecule has 184 valence electrons. The Morgan fingerprint density at radius 2 is 1.68 bits per heavy atom. The minimum absolute atomic E-state index is 0.00956. The van der Waals surface area contributed by atoms with Gasteiger partial charge in [-0.1, -0.05) is 82.0 Å². The van der Waals surface area contributed by atoms with Gasteiger partial charge in [0.1, 0.15) is 0 Å². The average Bonchev–Trinajstić information content (AvgIpc) is 2.78. The molecule has 1 aliphatic rings. The van der Waals surface area contributed by atoms with Crippen LogP contribution in [0.5, 0.6) is 0 Å². The normalized spacial score (nSPS) is 16.6. The van der Waals surface area contributed by atoms with E-state index in [-0.39, 0.29) is 21.9 Å². The number of nitro benzene ring substituents is 1. The monoisotopic (exact) mass is 501 g/mol. The van der Waals surface area contributed by atoms with Crippen molar-refractivity contribution in [3.05, 3.63) is 74.8 Å². The Morgan fingerprint density at radius 3 is 2.18 bits per heavy atom. The lowest BCUT2D eigenvalue weighted by atomic mass is 9.77. The maximum atomic E-state index is 12.8. The van der Waals surface area contributed by atoms with Crippen molar-refractivity contribution >= 4 is 32.6 Å². The molecule has 3 rings (SSSR count). The fourth-order valence-corrected chi connectivity index (χ4v) is 7.64. The van der Waals surface area contributed by atoms with Gasteiger partial charge in [-0.15, -0.1) is 11.8 Å². The molecular formula is C27H35NO4S2. The van der Waals surface area contributed by atoms with Gasteiger partial charge in [0.15, 0.2) is 0 Å². The number of hydrogen-bond acceptors (Lipinski definition) is 5. The van der Waals surface area contributed by atoms with E-state index in [0.717, 1.165) is 48.8 Å². The maximum Gasteiger partial charge on any atom is 0.273 e. The van der Waals surface area contributed by atoms with Gasteiger partial charge in [0, 0.05) is 11.6 Å². The van der Waals surface area contributed by atoms with E-state index in [9.17, 15) is 18.5 Å². The number of thioether (sulfide) groups is 1. The Morgan fingerprint density at radius 1 is 1.06 bits per heavy atom. The van der Waals surface area contributed by atoms with Crippen molar-refractivity contribution in [1.29, 1.82) is 0 Å². The second kappa shape index (κ2) is 10.6. The van der Waals surface area contributed by atoms with Crippen LogP contribution >= 0.6 is 11.8 Å². The predicted octanol–water partition coefficient (Wildman–Crippen LogP) is 6.63. The van der Waals surface area contributed by atoms with E-state index < -0.39 is 15.0 Å². The smallest absolute Gasteiger partial charge is 0.258 e. The Balaban J connectivity index is 2.22. The van der Waals surface area contributed by atoms with Gasteiger partial charge in [-0.2, -0.15) is 8.42 Å². The van der Waals surface area contributed by atoms with E-state index >= 15 is 0 Å². The highest BCUT2D eigenvalue weighted by molar-refractivity contribution is 8.01. The highest BCUT2D eigenvalue weighted by Crippen LogP contribution is 2.45. The van der Waals surface area contributed by atoms with E-state index in [0.29, 0.717) is 16.8 Å². The number of nitro groups is 1. The van der Waals surface area contributed by atoms with Crippen LogP contribution in [-0.2, 0) is 26.9 Å². The highest BCUT2D eigenvalue weighted by atomic mass is 32.2. The first kappa shape index (κ1) is 26.5. The molecule has 7 heteroatoms. The molecule has 0 spiro atoms. The molecule has 1 aliphatic carbocycles. The summed E-state index contributed by atoms with van der Waals surface area (Å²) in [5, 5.41) is 11.9. The quantitative estimate of drug-likeness (QED) is 0.242. The molecule has 1 fully saturated rings. The van der Waals surface area contributed by atoms with Crippen LogP contribution < -0.4 is 0 Å². The lowest BCUT2D eigenvalue weighted by Gasteiger charge is -2.38. The summed E-state index contributed by atoms with van der Waals surface area (Å²) >= 11 is 1.53. The van der Waals surface area contributed by atoms with Crippen LogP contribution in [-0.4, -0.2) is 24.5 Å². The standard InChI is InChI=1S/C27H35NO4S2/c1-19-11-14-22(15-12-19)27(33-5,25(34(31)32)21-9-7-6-8-10-21)18-20-13-16-23(26(2,3)4)24(17-20)28(29)30/h11-17,21H,6-10,18H2,1-5H3. The first-order valence-electron chi connectivity index (χ1n) is 11.9. The van der Waals surface area contributed by atoms with Crippen LogP contribution in [0.1, 0.15) is 75.1 Å². The van der Waals surface area contributed by atoms with E-state index in [1.165, 1.54) is 11.8 Å². The molecule has 1 unspecified atom stereocenters. The van der Waals surface area contributed by atoms with E-state index in [1.54, 1.807) is 6.07 Å². The number of benzene rings is 2. The highest BCUT2D eigenvalue weighted by Gasteiger charge is 2.43. The van der Waals surface area contributed by atoms with Crippen molar-refractivity contribution in [2.75, 3.05) is 6.26 Å². The van der Waals surface area contributed by atoms with Crippen molar-refractivity contribution in [3.63, 3.8) is 0 Å². The van der Waals surface area contributed by atoms with E-state index in [4.69, 9.17) is 0 Å². The first-order valence-corrected chi connectivity index (χ1v) is 14.2. The summed E-state index contributed by atoms with van der Waals surface area (Å²) in [7, 11) is -2.37. The van der Waals surface area contributed by atoms with Crippen molar-refractivity contribution in [3.8, 4) is 0 Å². The molecule has 5 nitrogen and oxygen atoms in total. The van der Waals surface area contributed by atoms with Crippen molar-refractivity contribution in [2.45, 2.75) is 76.4 Å². The van der Waals surface area contributed by atoms with Crippen LogP contribution in [0, 0.1) is 23.0 Å². The number of hydrogen-bond donors (Lipinski definition) is 0. The largest absolute Gasteiger partial charge is 0.273 e. The Kier molecular flexibility index (Phi) is 8.30. The molecule has 0 aliphatic heterocycles. The third-order valence-corrected chi connectivity index (χ3v) is 9.41. The SMILES string of the molecule is CSC(Cc1ccc(C(C)(C)C)c([N+](=O)[O-])c1)(C(C1CCCCC1)=S(=O)=O)c1ccc(C)cc1. The first-order chi connectivity index (χ1) is 16.0. The van der Waals surface area contributed by atoms with Crippen LogP contribution in [0.15, 0.2) is 42.5 Å². The molecule has 0 saturated heterocycles. The van der Waals surface area contributed by atoms with Crippen molar-refractivity contribution < 1.29 is 13.3 Å². The molecule has 0 aromatic heterocycles. The summed E-state index contributed by atoms with van der Waals surface area (Å²) < 4.78 is 24.9. The van der Waals surface area contributed by atoms with Gasteiger partial charge in [0.25, 0.3) is 5.69 Å². The second-order valence-electron chi connectivity index (χ2n) is 10.4. The van der Waals surface area contributed by atoms with Crippen LogP contribution in [0.25, 0.3) is 0 Å². The molecule has 0 N–H and O–H groups in total. The lowest BCUT2D eigenvalue weighted by Crippen LogP contribution is -2.41. The summed E-state index contributed by atoms with van der Waals surface area (Å²) in [5.41, 5.74) is 3.20. The third kappa shape index (κ3) is 5.57. The van der Waals surface area contributed by atoms with Gasteiger partial charge in [0.05, 0.1) is 14.5 Å². The van der Waals surface area contributed by atoms with Crippen LogP contribution in [0.4, 0.5) is 5.69 Å². The van der Waals surface area contributed by atoms with Gasteiger partial charge >= 0.3 is 0 Å². The van der Waals surface area contributed by atoms with Crippen molar-refractivity contribution in [1.82, 2.24) is 0 Å². The van der Waals surface area contributed by atoms with Crippen LogP contribution in [0.3, 0.4) is 0 Å². The van der Waals surface area contributed by atoms with Crippen LogP contribution in [0.2, 0.25) is 0 Å². The lowest BCUT2D eigenvalue weighted by molar-refractivity contribution is -0.386. The van der Waals surface area contributed by atoms with Gasteiger partial charge in [-0.25, -0.2) is 0 Å². The Hall–Kier alpha value is -2.12. The number of aryl methyl sites for hydroxylation is 1. The van der Waals surface area contributed by atoms with Crippen molar-refractivity contribution in [2.24, 2.45) is 5.92 Å². The molecule has 0 radical (unpaired) electrons. The zero-order valence-corrected chi connectivity index (χ0v) is 22.4. The Bertz CT molecular complexity index is 1170. The third-order valence-electron chi connectivity index (χ3n) is 6.94. The van der Waals surface area contributed by atoms with Gasteiger partial charge < -0.3 is 0 Å². The summed E-state index contributed by atoms with van der Waals surface area (Å²) in [6.45, 7) is 7.89. The fraction of sp³-hybridized carbons (Fsp3) is 0.519. The summed E-state index contributed by atoms with van der Waals surface area (Å²) in [6.07, 6.45) is 7.23. The topological polar surface area (TPSA) is 77.3 Å². The molecular weight excluding hydrogens is 466 g/mol. The maximum absolute atomic E-state index is 12.8. The summed E-state index contributed by atoms with van der Waals surface area (Å²) in [6, 6.07) is 13.5. The van der Waals surface area contributed by atoms with Gasteiger partial charge in [0.2, 0.25) is 10.3 Å². The molecule has 0 heterocycles. The summed E-state index contributed by atoms with van der Waals surface area (Å²) in [5.74, 6) is -0.00956. The molecule has 2 aromatic carbocycles. The van der Waals surface area contributed by atoms with Gasteiger partial charge in [-0.3, -0.25) is 10.1 Å². The molecule has 0 amide bonds. The van der Waals surface area contributed by atoms with Gasteiger partial charge in [-0.05, 0) is 54.9 Å². The minimum Gasteiger partial charge on any atom is -0.258 e. The second-order valence-corrected chi connectivity index (χ2v) is 12.4. The number of rotatable bonds is 7. The molecule has 0 bridgehead atoms. The Labute approximate surface area is 209 Å². The minimum atomic E-state index is -2.37. The molecule has 2 aromatic rings. The molecule has 34 heavy (non-hydrogen) atoms. The van der Waals surface area contributed by atoms with E-state index in [2.05, 4.69) is 0 Å².